The first-order valence-electron chi connectivity index (χ1n) is 8.79. The van der Waals surface area contributed by atoms with Gasteiger partial charge < -0.3 is 10.0 Å². The van der Waals surface area contributed by atoms with E-state index >= 15 is 0 Å². The maximum absolute atomic E-state index is 12.6. The summed E-state index contributed by atoms with van der Waals surface area (Å²) in [4.78, 5) is 27.7. The zero-order valence-corrected chi connectivity index (χ0v) is 15.1. The number of rotatable bonds is 5. The monoisotopic (exact) mass is 356 g/mol. The Morgan fingerprint density at radius 2 is 1.92 bits per heavy atom. The van der Waals surface area contributed by atoms with Crippen molar-refractivity contribution in [2.24, 2.45) is 0 Å². The minimum absolute atomic E-state index is 0.142. The van der Waals surface area contributed by atoms with Gasteiger partial charge in [-0.25, -0.2) is 4.79 Å². The van der Waals surface area contributed by atoms with Crippen LogP contribution >= 0.6 is 0 Å². The first-order valence-corrected chi connectivity index (χ1v) is 8.79. The van der Waals surface area contributed by atoms with E-state index in [1.807, 2.05) is 0 Å². The molecule has 1 fully saturated rings. The molecule has 1 N–H and O–H groups in total. The van der Waals surface area contributed by atoms with E-state index in [2.05, 4.69) is 41.2 Å². The predicted octanol–water partition coefficient (Wildman–Crippen LogP) is 1.80. The molecule has 2 heterocycles. The highest BCUT2D eigenvalue weighted by Crippen LogP contribution is 2.13. The van der Waals surface area contributed by atoms with Gasteiger partial charge in [-0.2, -0.15) is 5.10 Å². The SMILES string of the molecule is Cc1cccc(CN2CCN(C(=O)c3ccn(C(C)C(=O)O)n3)CC2)c1. The second-order valence-electron chi connectivity index (χ2n) is 6.75. The number of carboxylic acids is 1. The Morgan fingerprint density at radius 3 is 2.58 bits per heavy atom. The van der Waals surface area contributed by atoms with Gasteiger partial charge in [-0.05, 0) is 25.5 Å². The maximum atomic E-state index is 12.6. The minimum atomic E-state index is -0.975. The van der Waals surface area contributed by atoms with Crippen molar-refractivity contribution in [3.05, 3.63) is 53.3 Å². The summed E-state index contributed by atoms with van der Waals surface area (Å²) < 4.78 is 1.31. The summed E-state index contributed by atoms with van der Waals surface area (Å²) in [6, 6.07) is 9.27. The number of carbonyl (C=O) groups is 2. The van der Waals surface area contributed by atoms with Gasteiger partial charge in [0, 0.05) is 38.9 Å². The van der Waals surface area contributed by atoms with E-state index < -0.39 is 12.0 Å². The first-order chi connectivity index (χ1) is 12.4. The van der Waals surface area contributed by atoms with Crippen LogP contribution < -0.4 is 0 Å². The number of aryl methyl sites for hydroxylation is 1. The Balaban J connectivity index is 1.56. The smallest absolute Gasteiger partial charge is 0.328 e. The van der Waals surface area contributed by atoms with E-state index in [1.54, 1.807) is 17.2 Å². The number of amides is 1. The van der Waals surface area contributed by atoms with Gasteiger partial charge in [0.25, 0.3) is 5.91 Å². The number of hydrogen-bond acceptors (Lipinski definition) is 4. The molecule has 1 aromatic carbocycles. The van der Waals surface area contributed by atoms with Gasteiger partial charge in [0.15, 0.2) is 0 Å². The van der Waals surface area contributed by atoms with Gasteiger partial charge in [-0.3, -0.25) is 14.4 Å². The van der Waals surface area contributed by atoms with Crippen LogP contribution in [-0.2, 0) is 11.3 Å². The van der Waals surface area contributed by atoms with Gasteiger partial charge in [0.05, 0.1) is 0 Å². The Hall–Kier alpha value is -2.67. The zero-order valence-electron chi connectivity index (χ0n) is 15.1. The van der Waals surface area contributed by atoms with E-state index in [-0.39, 0.29) is 5.91 Å². The molecule has 1 atom stereocenters. The van der Waals surface area contributed by atoms with E-state index in [0.29, 0.717) is 18.8 Å². The average molecular weight is 356 g/mol. The molecule has 26 heavy (non-hydrogen) atoms. The van der Waals surface area contributed by atoms with Crippen molar-refractivity contribution in [3.63, 3.8) is 0 Å². The fourth-order valence-corrected chi connectivity index (χ4v) is 3.12. The summed E-state index contributed by atoms with van der Waals surface area (Å²) >= 11 is 0. The van der Waals surface area contributed by atoms with E-state index in [4.69, 9.17) is 5.11 Å². The van der Waals surface area contributed by atoms with Crippen molar-refractivity contribution in [1.82, 2.24) is 19.6 Å². The topological polar surface area (TPSA) is 78.7 Å². The van der Waals surface area contributed by atoms with Gasteiger partial charge in [0.2, 0.25) is 0 Å². The second-order valence-corrected chi connectivity index (χ2v) is 6.75. The molecule has 138 valence electrons. The van der Waals surface area contributed by atoms with Crippen LogP contribution in [-0.4, -0.2) is 62.7 Å². The molecule has 7 heteroatoms. The number of carbonyl (C=O) groups excluding carboxylic acids is 1. The molecule has 7 nitrogen and oxygen atoms in total. The van der Waals surface area contributed by atoms with Crippen molar-refractivity contribution in [2.45, 2.75) is 26.4 Å². The van der Waals surface area contributed by atoms with Crippen LogP contribution in [0, 0.1) is 6.92 Å². The second kappa shape index (κ2) is 7.70. The van der Waals surface area contributed by atoms with Gasteiger partial charge in [-0.15, -0.1) is 0 Å². The fraction of sp³-hybridized carbons (Fsp3) is 0.421. The highest BCUT2D eigenvalue weighted by atomic mass is 16.4. The number of aliphatic carboxylic acids is 1. The number of aromatic nitrogens is 2. The number of benzene rings is 1. The molecule has 0 saturated carbocycles. The highest BCUT2D eigenvalue weighted by molar-refractivity contribution is 5.92. The first kappa shape index (κ1) is 18.1. The lowest BCUT2D eigenvalue weighted by Gasteiger charge is -2.34. The molecule has 0 bridgehead atoms. The number of carboxylic acid groups (broad SMARTS) is 1. The van der Waals surface area contributed by atoms with Crippen LogP contribution in [0.15, 0.2) is 36.5 Å². The van der Waals surface area contributed by atoms with E-state index in [1.165, 1.54) is 22.7 Å². The van der Waals surface area contributed by atoms with Crippen LogP contribution in [0.3, 0.4) is 0 Å². The van der Waals surface area contributed by atoms with Crippen molar-refractivity contribution in [2.75, 3.05) is 26.2 Å². The van der Waals surface area contributed by atoms with Crippen molar-refractivity contribution in [1.29, 1.82) is 0 Å². The minimum Gasteiger partial charge on any atom is -0.480 e. The molecule has 1 aliphatic rings. The maximum Gasteiger partial charge on any atom is 0.328 e. The largest absolute Gasteiger partial charge is 0.480 e. The highest BCUT2D eigenvalue weighted by Gasteiger charge is 2.24. The molecule has 0 spiro atoms. The Bertz CT molecular complexity index is 794. The van der Waals surface area contributed by atoms with Crippen molar-refractivity contribution < 1.29 is 14.7 Å². The van der Waals surface area contributed by atoms with Gasteiger partial charge in [-0.1, -0.05) is 29.8 Å². The van der Waals surface area contributed by atoms with Crippen LogP contribution in [0.4, 0.5) is 0 Å². The van der Waals surface area contributed by atoms with E-state index in [9.17, 15) is 9.59 Å². The summed E-state index contributed by atoms with van der Waals surface area (Å²) in [6.45, 7) is 7.42. The fourth-order valence-electron chi connectivity index (χ4n) is 3.12. The zero-order chi connectivity index (χ0) is 18.7. The molecule has 1 unspecified atom stereocenters. The lowest BCUT2D eigenvalue weighted by atomic mass is 10.1. The quantitative estimate of drug-likeness (QED) is 0.884. The lowest BCUT2D eigenvalue weighted by Crippen LogP contribution is -2.48. The average Bonchev–Trinajstić information content (AvgIpc) is 3.11. The Kier molecular flexibility index (Phi) is 5.37. The predicted molar refractivity (Wildman–Crippen MR) is 96.9 cm³/mol. The molecule has 1 saturated heterocycles. The Morgan fingerprint density at radius 1 is 1.19 bits per heavy atom. The number of piperazine rings is 1. The summed E-state index contributed by atoms with van der Waals surface area (Å²) in [5, 5.41) is 13.2. The van der Waals surface area contributed by atoms with E-state index in [0.717, 1.165) is 19.6 Å². The molecule has 2 aromatic rings. The number of nitrogens with zero attached hydrogens (tertiary/aromatic N) is 4. The molecule has 1 amide bonds. The number of hydrogen-bond donors (Lipinski definition) is 1. The third-order valence-corrected chi connectivity index (χ3v) is 4.73. The third kappa shape index (κ3) is 4.11. The Labute approximate surface area is 152 Å². The van der Waals surface area contributed by atoms with Crippen LogP contribution in [0.25, 0.3) is 0 Å². The lowest BCUT2D eigenvalue weighted by molar-refractivity contribution is -0.140. The van der Waals surface area contributed by atoms with Crippen molar-refractivity contribution in [3.8, 4) is 0 Å². The van der Waals surface area contributed by atoms with Crippen LogP contribution in [0.2, 0.25) is 0 Å². The van der Waals surface area contributed by atoms with Crippen LogP contribution in [0.5, 0.6) is 0 Å². The molecule has 0 radical (unpaired) electrons. The van der Waals surface area contributed by atoms with Gasteiger partial charge >= 0.3 is 5.97 Å². The summed E-state index contributed by atoms with van der Waals surface area (Å²) in [6.07, 6.45) is 1.54. The molecule has 1 aromatic heterocycles. The summed E-state index contributed by atoms with van der Waals surface area (Å²) in [5.74, 6) is -1.12. The standard InChI is InChI=1S/C19H24N4O3/c1-14-4-3-5-16(12-14)13-21-8-10-22(11-9-21)18(24)17-6-7-23(20-17)15(2)19(25)26/h3-7,12,15H,8-11,13H2,1-2H3,(H,25,26). The summed E-state index contributed by atoms with van der Waals surface area (Å²) in [5.41, 5.74) is 2.83. The van der Waals surface area contributed by atoms with Crippen molar-refractivity contribution >= 4 is 11.9 Å². The van der Waals surface area contributed by atoms with Crippen LogP contribution in [0.1, 0.15) is 34.6 Å². The third-order valence-electron chi connectivity index (χ3n) is 4.73. The molecule has 3 rings (SSSR count). The summed E-state index contributed by atoms with van der Waals surface area (Å²) in [7, 11) is 0. The van der Waals surface area contributed by atoms with Gasteiger partial charge in [0.1, 0.15) is 11.7 Å². The normalized spacial score (nSPS) is 16.5. The molecule has 1 aliphatic heterocycles. The molecular weight excluding hydrogens is 332 g/mol. The molecular formula is C19H24N4O3. The molecule has 0 aliphatic carbocycles.